The molecule has 0 aromatic heterocycles. The van der Waals surface area contributed by atoms with E-state index in [9.17, 15) is 9.18 Å². The highest BCUT2D eigenvalue weighted by molar-refractivity contribution is 7.98. The van der Waals surface area contributed by atoms with Gasteiger partial charge in [-0.3, -0.25) is 4.79 Å². The molecule has 2 nitrogen and oxygen atoms in total. The van der Waals surface area contributed by atoms with Crippen LogP contribution in [-0.4, -0.2) is 6.29 Å². The zero-order valence-corrected chi connectivity index (χ0v) is 14.3. The SMILES string of the molecule is O=Cc1c(OCc2ccccc2)ccc(SCc2ccccc2)c1F. The predicted octanol–water partition coefficient (Wildman–Crippen LogP) is 5.51. The molecule has 0 spiro atoms. The molecular weight excluding hydrogens is 335 g/mol. The van der Waals surface area contributed by atoms with Gasteiger partial charge in [0.2, 0.25) is 0 Å². The lowest BCUT2D eigenvalue weighted by atomic mass is 10.2. The van der Waals surface area contributed by atoms with Crippen molar-refractivity contribution in [2.75, 3.05) is 0 Å². The summed E-state index contributed by atoms with van der Waals surface area (Å²) in [6, 6.07) is 22.7. The molecule has 25 heavy (non-hydrogen) atoms. The molecule has 0 aliphatic carbocycles. The molecule has 0 fully saturated rings. The summed E-state index contributed by atoms with van der Waals surface area (Å²) in [6.45, 7) is 0.289. The summed E-state index contributed by atoms with van der Waals surface area (Å²) >= 11 is 1.36. The summed E-state index contributed by atoms with van der Waals surface area (Å²) < 4.78 is 20.3. The quantitative estimate of drug-likeness (QED) is 0.414. The van der Waals surface area contributed by atoms with Crippen molar-refractivity contribution in [3.8, 4) is 5.75 Å². The van der Waals surface area contributed by atoms with Gasteiger partial charge in [-0.1, -0.05) is 60.7 Å². The van der Waals surface area contributed by atoms with Crippen molar-refractivity contribution in [2.24, 2.45) is 0 Å². The van der Waals surface area contributed by atoms with Crippen molar-refractivity contribution in [1.82, 2.24) is 0 Å². The standard InChI is InChI=1S/C21H17FO2S/c22-21-18(13-23)19(24-14-16-7-3-1-4-8-16)11-12-20(21)25-15-17-9-5-2-6-10-17/h1-13H,14-15H2. The Kier molecular flexibility index (Phi) is 5.86. The van der Waals surface area contributed by atoms with Crippen LogP contribution in [0.25, 0.3) is 0 Å². The smallest absolute Gasteiger partial charge is 0.156 e. The topological polar surface area (TPSA) is 26.3 Å². The van der Waals surface area contributed by atoms with Gasteiger partial charge in [0.05, 0.1) is 5.56 Å². The normalized spacial score (nSPS) is 10.4. The van der Waals surface area contributed by atoms with Gasteiger partial charge in [-0.2, -0.15) is 0 Å². The maximum absolute atomic E-state index is 14.6. The Labute approximate surface area is 150 Å². The predicted molar refractivity (Wildman–Crippen MR) is 98.6 cm³/mol. The molecule has 0 heterocycles. The number of hydrogen-bond donors (Lipinski definition) is 0. The van der Waals surface area contributed by atoms with Crippen LogP contribution in [-0.2, 0) is 12.4 Å². The number of rotatable bonds is 7. The van der Waals surface area contributed by atoms with Gasteiger partial charge in [-0.25, -0.2) is 4.39 Å². The molecule has 0 radical (unpaired) electrons. The van der Waals surface area contributed by atoms with Crippen LogP contribution in [0.4, 0.5) is 4.39 Å². The van der Waals surface area contributed by atoms with Crippen LogP contribution in [0.15, 0.2) is 77.7 Å². The minimum absolute atomic E-state index is 0.0333. The second-order valence-electron chi connectivity index (χ2n) is 5.46. The fourth-order valence-electron chi connectivity index (χ4n) is 2.37. The van der Waals surface area contributed by atoms with E-state index in [0.29, 0.717) is 16.9 Å². The van der Waals surface area contributed by atoms with Gasteiger partial charge >= 0.3 is 0 Å². The fraction of sp³-hybridized carbons (Fsp3) is 0.0952. The summed E-state index contributed by atoms with van der Waals surface area (Å²) in [5.74, 6) is 0.377. The summed E-state index contributed by atoms with van der Waals surface area (Å²) in [7, 11) is 0. The molecule has 0 N–H and O–H groups in total. The number of aldehydes is 1. The molecule has 0 aliphatic rings. The van der Waals surface area contributed by atoms with Gasteiger partial charge in [-0.05, 0) is 23.3 Å². The lowest BCUT2D eigenvalue weighted by Gasteiger charge is -2.12. The molecule has 4 heteroatoms. The van der Waals surface area contributed by atoms with Crippen LogP contribution in [0, 0.1) is 5.82 Å². The third-order valence-electron chi connectivity index (χ3n) is 3.70. The van der Waals surface area contributed by atoms with Crippen molar-refractivity contribution in [3.05, 3.63) is 95.3 Å². The monoisotopic (exact) mass is 352 g/mol. The summed E-state index contributed by atoms with van der Waals surface area (Å²) in [6.07, 6.45) is 0.516. The number of benzene rings is 3. The molecule has 3 aromatic rings. The Morgan fingerprint density at radius 2 is 1.52 bits per heavy atom. The van der Waals surface area contributed by atoms with E-state index in [2.05, 4.69) is 0 Å². The average Bonchev–Trinajstić information content (AvgIpc) is 2.67. The fourth-order valence-corrected chi connectivity index (χ4v) is 3.29. The van der Waals surface area contributed by atoms with Gasteiger partial charge in [0.15, 0.2) is 12.1 Å². The van der Waals surface area contributed by atoms with E-state index >= 15 is 0 Å². The highest BCUT2D eigenvalue weighted by Gasteiger charge is 2.14. The number of carbonyl (C=O) groups excluding carboxylic acids is 1. The highest BCUT2D eigenvalue weighted by atomic mass is 32.2. The molecule has 3 rings (SSSR count). The van der Waals surface area contributed by atoms with E-state index in [1.54, 1.807) is 12.1 Å². The van der Waals surface area contributed by atoms with Gasteiger partial charge in [-0.15, -0.1) is 11.8 Å². The number of hydrogen-bond acceptors (Lipinski definition) is 3. The second-order valence-corrected chi connectivity index (χ2v) is 6.47. The minimum atomic E-state index is -0.526. The molecule has 0 saturated heterocycles. The molecule has 0 atom stereocenters. The van der Waals surface area contributed by atoms with Gasteiger partial charge in [0.25, 0.3) is 0 Å². The first kappa shape index (κ1) is 17.2. The van der Waals surface area contributed by atoms with Crippen LogP contribution in [0.3, 0.4) is 0 Å². The van der Waals surface area contributed by atoms with Crippen LogP contribution < -0.4 is 4.74 Å². The molecular formula is C21H17FO2S. The van der Waals surface area contributed by atoms with Crippen LogP contribution in [0.5, 0.6) is 5.75 Å². The van der Waals surface area contributed by atoms with Crippen molar-refractivity contribution in [3.63, 3.8) is 0 Å². The van der Waals surface area contributed by atoms with E-state index in [4.69, 9.17) is 4.74 Å². The zero-order chi connectivity index (χ0) is 17.5. The maximum atomic E-state index is 14.6. The third-order valence-corrected chi connectivity index (χ3v) is 4.80. The summed E-state index contributed by atoms with van der Waals surface area (Å²) in [4.78, 5) is 11.8. The number of halogens is 1. The lowest BCUT2D eigenvalue weighted by Crippen LogP contribution is -2.01. The van der Waals surface area contributed by atoms with E-state index in [0.717, 1.165) is 11.1 Å². The Bertz CT molecular complexity index is 835. The van der Waals surface area contributed by atoms with Crippen molar-refractivity contribution in [1.29, 1.82) is 0 Å². The highest BCUT2D eigenvalue weighted by Crippen LogP contribution is 2.31. The largest absolute Gasteiger partial charge is 0.488 e. The molecule has 0 amide bonds. The second kappa shape index (κ2) is 8.49. The first-order chi connectivity index (χ1) is 12.3. The molecule has 0 aliphatic heterocycles. The number of thioether (sulfide) groups is 1. The molecule has 0 unspecified atom stereocenters. The molecule has 3 aromatic carbocycles. The van der Waals surface area contributed by atoms with Crippen molar-refractivity contribution < 1.29 is 13.9 Å². The van der Waals surface area contributed by atoms with E-state index in [1.165, 1.54) is 11.8 Å². The Morgan fingerprint density at radius 1 is 0.880 bits per heavy atom. The molecule has 126 valence electrons. The number of ether oxygens (including phenoxy) is 1. The Morgan fingerprint density at radius 3 is 2.16 bits per heavy atom. The van der Waals surface area contributed by atoms with Crippen LogP contribution >= 0.6 is 11.8 Å². The van der Waals surface area contributed by atoms with Crippen LogP contribution in [0.1, 0.15) is 21.5 Å². The van der Waals surface area contributed by atoms with Gasteiger partial charge in [0, 0.05) is 10.6 Å². The maximum Gasteiger partial charge on any atom is 0.156 e. The Hall–Kier alpha value is -2.59. The third kappa shape index (κ3) is 4.48. The van der Waals surface area contributed by atoms with Crippen LogP contribution in [0.2, 0.25) is 0 Å². The van der Waals surface area contributed by atoms with E-state index in [-0.39, 0.29) is 17.9 Å². The van der Waals surface area contributed by atoms with Gasteiger partial charge in [0.1, 0.15) is 12.4 Å². The summed E-state index contributed by atoms with van der Waals surface area (Å²) in [5, 5.41) is 0. The minimum Gasteiger partial charge on any atom is -0.488 e. The first-order valence-corrected chi connectivity index (χ1v) is 8.87. The van der Waals surface area contributed by atoms with Crippen molar-refractivity contribution in [2.45, 2.75) is 17.3 Å². The van der Waals surface area contributed by atoms with Gasteiger partial charge < -0.3 is 4.74 Å². The molecule has 0 saturated carbocycles. The van der Waals surface area contributed by atoms with E-state index in [1.807, 2.05) is 60.7 Å². The Balaban J connectivity index is 1.73. The van der Waals surface area contributed by atoms with Crippen molar-refractivity contribution >= 4 is 18.0 Å². The first-order valence-electron chi connectivity index (χ1n) is 7.89. The number of carbonyl (C=O) groups is 1. The zero-order valence-electron chi connectivity index (χ0n) is 13.5. The average molecular weight is 352 g/mol. The summed E-state index contributed by atoms with van der Waals surface area (Å²) in [5.41, 5.74) is 2.03. The molecule has 0 bridgehead atoms. The lowest BCUT2D eigenvalue weighted by molar-refractivity contribution is 0.111. The van der Waals surface area contributed by atoms with E-state index < -0.39 is 5.82 Å².